The van der Waals surface area contributed by atoms with Crippen molar-refractivity contribution in [2.24, 2.45) is 0 Å². The van der Waals surface area contributed by atoms with E-state index in [-0.39, 0.29) is 3.80 Å². The van der Waals surface area contributed by atoms with Crippen molar-refractivity contribution in [1.29, 1.82) is 0 Å². The van der Waals surface area contributed by atoms with Gasteiger partial charge in [-0.2, -0.15) is 0 Å². The van der Waals surface area contributed by atoms with Crippen LogP contribution in [0.25, 0.3) is 0 Å². The molecule has 0 saturated heterocycles. The second-order valence-corrected chi connectivity index (χ2v) is 6.83. The van der Waals surface area contributed by atoms with Crippen molar-refractivity contribution >= 4 is 22.5 Å². The molecule has 16 heavy (non-hydrogen) atoms. The zero-order valence-corrected chi connectivity index (χ0v) is 14.6. The van der Waals surface area contributed by atoms with Crippen molar-refractivity contribution in [1.82, 2.24) is 0 Å². The van der Waals surface area contributed by atoms with Gasteiger partial charge >= 0.3 is 115 Å². The van der Waals surface area contributed by atoms with Crippen LogP contribution >= 0.6 is 0 Å². The van der Waals surface area contributed by atoms with Crippen LogP contribution in [0.4, 0.5) is 0 Å². The van der Waals surface area contributed by atoms with E-state index in [4.69, 9.17) is 9.47 Å². The summed E-state index contributed by atoms with van der Waals surface area (Å²) in [7, 11) is 0. The van der Waals surface area contributed by atoms with Crippen LogP contribution in [0.5, 0.6) is 0 Å². The fraction of sp³-hybridized carbons (Fsp3) is 1.00. The molecule has 0 amide bonds. The van der Waals surface area contributed by atoms with Gasteiger partial charge in [0.1, 0.15) is 0 Å². The molecular weight excluding hydrogens is 307 g/mol. The van der Waals surface area contributed by atoms with E-state index in [2.05, 4.69) is 20.8 Å². The zero-order chi connectivity index (χ0) is 12.3. The SMILES string of the molecule is CCCCO[C]([SnH])(CCCC)OCCCC. The van der Waals surface area contributed by atoms with E-state index in [1.807, 2.05) is 0 Å². The predicted molar refractivity (Wildman–Crippen MR) is 71.1 cm³/mol. The molecule has 0 aliphatic heterocycles. The fourth-order valence-electron chi connectivity index (χ4n) is 1.39. The molecule has 0 N–H and O–H groups in total. The van der Waals surface area contributed by atoms with Crippen molar-refractivity contribution in [3.8, 4) is 0 Å². The molecule has 0 atom stereocenters. The van der Waals surface area contributed by atoms with Crippen molar-refractivity contribution < 1.29 is 9.47 Å². The van der Waals surface area contributed by atoms with Crippen LogP contribution in [-0.4, -0.2) is 39.5 Å². The summed E-state index contributed by atoms with van der Waals surface area (Å²) in [6, 6.07) is 0. The average Bonchev–Trinajstić information content (AvgIpc) is 2.27. The van der Waals surface area contributed by atoms with E-state index in [0.717, 1.165) is 55.0 Å². The minimum atomic E-state index is -0.217. The third-order valence-electron chi connectivity index (χ3n) is 2.57. The molecule has 0 aliphatic rings. The van der Waals surface area contributed by atoms with Crippen molar-refractivity contribution in [3.63, 3.8) is 0 Å². The van der Waals surface area contributed by atoms with Crippen LogP contribution in [0.15, 0.2) is 0 Å². The zero-order valence-electron chi connectivity index (χ0n) is 11.3. The molecule has 2 radical (unpaired) electrons. The van der Waals surface area contributed by atoms with Gasteiger partial charge in [0.25, 0.3) is 0 Å². The monoisotopic (exact) mass is 336 g/mol. The minimum absolute atomic E-state index is 0.217. The molecule has 0 aromatic heterocycles. The number of hydrogen-bond acceptors (Lipinski definition) is 2. The van der Waals surface area contributed by atoms with Gasteiger partial charge < -0.3 is 0 Å². The topological polar surface area (TPSA) is 18.5 Å². The third-order valence-corrected chi connectivity index (χ3v) is 4.34. The van der Waals surface area contributed by atoms with Crippen LogP contribution < -0.4 is 0 Å². The first-order chi connectivity index (χ1) is 7.68. The molecule has 0 fully saturated rings. The van der Waals surface area contributed by atoms with Gasteiger partial charge in [-0.3, -0.25) is 0 Å². The summed E-state index contributed by atoms with van der Waals surface area (Å²) in [5, 5.41) is 0. The summed E-state index contributed by atoms with van der Waals surface area (Å²) in [6.45, 7) is 8.32. The Balaban J connectivity index is 3.91. The molecule has 0 spiro atoms. The Morgan fingerprint density at radius 1 is 0.812 bits per heavy atom. The van der Waals surface area contributed by atoms with Crippen molar-refractivity contribution in [2.45, 2.75) is 69.5 Å². The number of rotatable bonds is 11. The van der Waals surface area contributed by atoms with Gasteiger partial charge in [-0.25, -0.2) is 0 Å². The number of unbranched alkanes of at least 4 members (excludes halogenated alkanes) is 3. The third kappa shape index (κ3) is 8.82. The van der Waals surface area contributed by atoms with Gasteiger partial charge in [0.05, 0.1) is 0 Å². The first-order valence-electron chi connectivity index (χ1n) is 6.75. The van der Waals surface area contributed by atoms with Gasteiger partial charge in [-0.05, 0) is 0 Å². The summed E-state index contributed by atoms with van der Waals surface area (Å²) in [5.41, 5.74) is 0. The van der Waals surface area contributed by atoms with E-state index >= 15 is 0 Å². The quantitative estimate of drug-likeness (QED) is 0.327. The molecule has 96 valence electrons. The standard InChI is InChI=1S/C13H27O2.Sn.H/c1-4-7-10-13(14-11-8-5-2)15-12-9-6-3;;/h4-12H2,1-3H3;;. The Bertz CT molecular complexity index is 141. The molecule has 0 aliphatic carbocycles. The van der Waals surface area contributed by atoms with Gasteiger partial charge in [0.15, 0.2) is 0 Å². The van der Waals surface area contributed by atoms with Crippen molar-refractivity contribution in [3.05, 3.63) is 0 Å². The normalized spacial score (nSPS) is 12.0. The van der Waals surface area contributed by atoms with Crippen LogP contribution in [0.3, 0.4) is 0 Å². The van der Waals surface area contributed by atoms with Gasteiger partial charge in [-0.1, -0.05) is 0 Å². The van der Waals surface area contributed by atoms with Gasteiger partial charge in [0, 0.05) is 0 Å². The maximum absolute atomic E-state index is 5.95. The second kappa shape index (κ2) is 10.8. The Hall–Kier alpha value is 0.719. The van der Waals surface area contributed by atoms with Crippen molar-refractivity contribution in [2.75, 3.05) is 13.2 Å². The predicted octanol–water partition coefficient (Wildman–Crippen LogP) is 3.36. The summed E-state index contributed by atoms with van der Waals surface area (Å²) < 4.78 is 11.7. The van der Waals surface area contributed by atoms with Crippen LogP contribution in [0, 0.1) is 0 Å². The summed E-state index contributed by atoms with van der Waals surface area (Å²) in [4.78, 5) is 0. The van der Waals surface area contributed by atoms with Crippen LogP contribution in [0.2, 0.25) is 0 Å². The average molecular weight is 335 g/mol. The Labute approximate surface area is 115 Å². The molecule has 0 aromatic rings. The Morgan fingerprint density at radius 2 is 1.25 bits per heavy atom. The van der Waals surface area contributed by atoms with E-state index in [9.17, 15) is 0 Å². The molecule has 0 bridgehead atoms. The summed E-state index contributed by atoms with van der Waals surface area (Å²) in [5.74, 6) is 0. The van der Waals surface area contributed by atoms with E-state index in [0.29, 0.717) is 0 Å². The molecule has 0 unspecified atom stereocenters. The Kier molecular flexibility index (Phi) is 11.3. The van der Waals surface area contributed by atoms with Gasteiger partial charge in [0.2, 0.25) is 0 Å². The number of ether oxygens (including phenoxy) is 2. The Morgan fingerprint density at radius 3 is 1.62 bits per heavy atom. The number of hydrogen-bond donors (Lipinski definition) is 0. The van der Waals surface area contributed by atoms with Crippen LogP contribution in [0.1, 0.15) is 65.7 Å². The molecule has 0 aromatic carbocycles. The summed E-state index contributed by atoms with van der Waals surface area (Å²) >= 11 is 1.04. The molecular formula is C13H28O2Sn. The molecule has 2 nitrogen and oxygen atoms in total. The first-order valence-corrected chi connectivity index (χ1v) is 8.40. The van der Waals surface area contributed by atoms with E-state index in [1.165, 1.54) is 25.7 Å². The molecule has 3 heteroatoms. The molecule has 0 saturated carbocycles. The molecule has 0 heterocycles. The van der Waals surface area contributed by atoms with Crippen LogP contribution in [-0.2, 0) is 9.47 Å². The first kappa shape index (κ1) is 16.7. The maximum atomic E-state index is 5.95. The molecule has 0 rings (SSSR count). The van der Waals surface area contributed by atoms with E-state index in [1.54, 1.807) is 0 Å². The van der Waals surface area contributed by atoms with E-state index < -0.39 is 0 Å². The fourth-order valence-corrected chi connectivity index (χ4v) is 2.64. The second-order valence-electron chi connectivity index (χ2n) is 4.32. The summed E-state index contributed by atoms with van der Waals surface area (Å²) in [6.07, 6.45) is 8.17. The van der Waals surface area contributed by atoms with Gasteiger partial charge in [-0.15, -0.1) is 0 Å².